The third kappa shape index (κ3) is 6.15. The van der Waals surface area contributed by atoms with Gasteiger partial charge in [-0.25, -0.2) is 4.79 Å². The number of para-hydroxylation sites is 1. The molecule has 1 unspecified atom stereocenters. The molecule has 2 aromatic rings. The number of fused-ring (bicyclic) bond motifs is 1. The maximum absolute atomic E-state index is 12.8. The van der Waals surface area contributed by atoms with Crippen LogP contribution in [0.25, 0.3) is 0 Å². The monoisotopic (exact) mass is 492 g/mol. The smallest absolute Gasteiger partial charge is 0.338 e. The normalized spacial score (nSPS) is 28.4. The van der Waals surface area contributed by atoms with E-state index < -0.39 is 6.10 Å². The minimum atomic E-state index is -0.390. The van der Waals surface area contributed by atoms with Crippen molar-refractivity contribution in [3.8, 4) is 5.75 Å². The number of ether oxygens (including phenoxy) is 5. The predicted octanol–water partition coefficient (Wildman–Crippen LogP) is 4.71. The van der Waals surface area contributed by atoms with Crippen LogP contribution in [0.3, 0.4) is 0 Å². The average Bonchev–Trinajstić information content (AvgIpc) is 3.42. The molecule has 190 valence electrons. The number of carbonyl (C=O) groups excluding carboxylic acids is 2. The highest BCUT2D eigenvalue weighted by molar-refractivity contribution is 5.89. The van der Waals surface area contributed by atoms with Crippen LogP contribution in [-0.4, -0.2) is 49.8 Å². The molecule has 7 nitrogen and oxygen atoms in total. The Bertz CT molecular complexity index is 1030. The van der Waals surface area contributed by atoms with Crippen molar-refractivity contribution in [2.45, 2.75) is 56.7 Å². The first-order valence-electron chi connectivity index (χ1n) is 12.7. The summed E-state index contributed by atoms with van der Waals surface area (Å²) in [5.41, 5.74) is 0.501. The minimum absolute atomic E-state index is 0.0380. The zero-order valence-corrected chi connectivity index (χ0v) is 20.2. The standard InChI is InChI=1S/C29H32O7/c30-27-17-24-23(25(18-26(24)35-27)36-29(31)20-9-3-1-4-10-20)15-14-22(34-28-13-7-8-16-32-28)19-33-21-11-5-2-6-12-21/h1-6,9-12,14-15,22-26,28H,7-8,13,16-19H2/b15-14+/t22-,23+,24+,25+,26-,28?/m0/s1. The van der Waals surface area contributed by atoms with E-state index in [1.54, 1.807) is 24.3 Å². The van der Waals surface area contributed by atoms with Crippen molar-refractivity contribution in [1.29, 1.82) is 0 Å². The molecule has 5 rings (SSSR count). The summed E-state index contributed by atoms with van der Waals surface area (Å²) >= 11 is 0. The van der Waals surface area contributed by atoms with Crippen molar-refractivity contribution >= 4 is 11.9 Å². The number of esters is 2. The van der Waals surface area contributed by atoms with Gasteiger partial charge in [-0.05, 0) is 43.5 Å². The Hall–Kier alpha value is -3.16. The van der Waals surface area contributed by atoms with E-state index in [1.165, 1.54) is 0 Å². The van der Waals surface area contributed by atoms with Crippen LogP contribution in [0.5, 0.6) is 5.75 Å². The van der Waals surface area contributed by atoms with E-state index in [0.717, 1.165) is 25.0 Å². The van der Waals surface area contributed by atoms with E-state index in [9.17, 15) is 9.59 Å². The summed E-state index contributed by atoms with van der Waals surface area (Å²) in [7, 11) is 0. The summed E-state index contributed by atoms with van der Waals surface area (Å²) in [6, 6.07) is 18.5. The second-order valence-corrected chi connectivity index (χ2v) is 9.50. The second-order valence-electron chi connectivity index (χ2n) is 9.50. The lowest BCUT2D eigenvalue weighted by Gasteiger charge is -2.27. The molecule has 0 radical (unpaired) electrons. The van der Waals surface area contributed by atoms with Gasteiger partial charge in [0.1, 0.15) is 30.7 Å². The van der Waals surface area contributed by atoms with Gasteiger partial charge in [-0.1, -0.05) is 48.6 Å². The Kier molecular flexibility index (Phi) is 7.98. The van der Waals surface area contributed by atoms with E-state index in [-0.39, 0.29) is 42.3 Å². The van der Waals surface area contributed by atoms with Crippen molar-refractivity contribution in [1.82, 2.24) is 0 Å². The van der Waals surface area contributed by atoms with Crippen LogP contribution >= 0.6 is 0 Å². The van der Waals surface area contributed by atoms with Gasteiger partial charge in [-0.15, -0.1) is 0 Å². The number of carbonyl (C=O) groups is 2. The molecule has 0 amide bonds. The fraction of sp³-hybridized carbons (Fsp3) is 0.448. The molecule has 3 fully saturated rings. The van der Waals surface area contributed by atoms with Crippen molar-refractivity contribution < 1.29 is 33.3 Å². The lowest BCUT2D eigenvalue weighted by Crippen LogP contribution is -2.31. The Balaban J connectivity index is 1.30. The average molecular weight is 493 g/mol. The SMILES string of the molecule is O=C1C[C@@H]2[C@@H](/C=C/[C@@H](COc3ccccc3)OC3CCCCO3)[C@H](OC(=O)c3ccccc3)C[C@@H]2O1. The topological polar surface area (TPSA) is 80.3 Å². The molecule has 0 bridgehead atoms. The van der Waals surface area contributed by atoms with Crippen molar-refractivity contribution in [3.05, 3.63) is 78.4 Å². The van der Waals surface area contributed by atoms with Crippen LogP contribution in [0.1, 0.15) is 42.5 Å². The molecule has 2 aromatic carbocycles. The van der Waals surface area contributed by atoms with Gasteiger partial charge in [0, 0.05) is 24.9 Å². The largest absolute Gasteiger partial charge is 0.491 e. The van der Waals surface area contributed by atoms with Crippen molar-refractivity contribution in [3.63, 3.8) is 0 Å². The van der Waals surface area contributed by atoms with Gasteiger partial charge in [-0.2, -0.15) is 0 Å². The summed E-state index contributed by atoms with van der Waals surface area (Å²) < 4.78 is 29.5. The van der Waals surface area contributed by atoms with E-state index in [1.807, 2.05) is 48.6 Å². The molecule has 6 atom stereocenters. The highest BCUT2D eigenvalue weighted by Crippen LogP contribution is 2.43. The Morgan fingerprint density at radius 2 is 1.83 bits per heavy atom. The van der Waals surface area contributed by atoms with Gasteiger partial charge in [0.15, 0.2) is 6.29 Å². The molecule has 36 heavy (non-hydrogen) atoms. The minimum Gasteiger partial charge on any atom is -0.491 e. The molecule has 1 saturated carbocycles. The lowest BCUT2D eigenvalue weighted by molar-refractivity contribution is -0.182. The van der Waals surface area contributed by atoms with E-state index in [4.69, 9.17) is 23.7 Å². The number of hydrogen-bond acceptors (Lipinski definition) is 7. The summed E-state index contributed by atoms with van der Waals surface area (Å²) in [4.78, 5) is 24.8. The maximum atomic E-state index is 12.8. The molecule has 2 aliphatic heterocycles. The predicted molar refractivity (Wildman–Crippen MR) is 131 cm³/mol. The highest BCUT2D eigenvalue weighted by Gasteiger charge is 2.50. The van der Waals surface area contributed by atoms with Crippen LogP contribution in [0.4, 0.5) is 0 Å². The first-order valence-corrected chi connectivity index (χ1v) is 12.7. The third-order valence-corrected chi connectivity index (χ3v) is 6.99. The first kappa shape index (κ1) is 24.5. The molecule has 0 spiro atoms. The first-order chi connectivity index (χ1) is 17.7. The van der Waals surface area contributed by atoms with Gasteiger partial charge in [-0.3, -0.25) is 4.79 Å². The molecule has 2 heterocycles. The van der Waals surface area contributed by atoms with E-state index in [2.05, 4.69) is 0 Å². The van der Waals surface area contributed by atoms with Crippen molar-refractivity contribution in [2.75, 3.05) is 13.2 Å². The van der Waals surface area contributed by atoms with E-state index >= 15 is 0 Å². The van der Waals surface area contributed by atoms with Crippen LogP contribution in [0, 0.1) is 11.8 Å². The van der Waals surface area contributed by atoms with Gasteiger partial charge in [0.25, 0.3) is 0 Å². The van der Waals surface area contributed by atoms with Gasteiger partial charge < -0.3 is 23.7 Å². The Labute approximate surface area is 211 Å². The van der Waals surface area contributed by atoms with Crippen LogP contribution in [-0.2, 0) is 23.7 Å². The summed E-state index contributed by atoms with van der Waals surface area (Å²) in [5, 5.41) is 0. The molecule has 0 aromatic heterocycles. The summed E-state index contributed by atoms with van der Waals surface area (Å²) in [6.07, 6.45) is 6.42. The molecule has 2 saturated heterocycles. The molecular formula is C29H32O7. The number of benzene rings is 2. The fourth-order valence-electron chi connectivity index (χ4n) is 5.17. The van der Waals surface area contributed by atoms with Crippen LogP contribution in [0.15, 0.2) is 72.8 Å². The Morgan fingerprint density at radius 1 is 1.06 bits per heavy atom. The van der Waals surface area contributed by atoms with Crippen LogP contribution in [0.2, 0.25) is 0 Å². The zero-order valence-electron chi connectivity index (χ0n) is 20.2. The maximum Gasteiger partial charge on any atom is 0.338 e. The molecule has 7 heteroatoms. The fourth-order valence-corrected chi connectivity index (χ4v) is 5.17. The Morgan fingerprint density at radius 3 is 2.58 bits per heavy atom. The van der Waals surface area contributed by atoms with Crippen LogP contribution < -0.4 is 4.74 Å². The molecule has 1 aliphatic carbocycles. The quantitative estimate of drug-likeness (QED) is 0.370. The van der Waals surface area contributed by atoms with E-state index in [0.29, 0.717) is 31.6 Å². The zero-order chi connectivity index (χ0) is 24.7. The second kappa shape index (κ2) is 11.7. The molecular weight excluding hydrogens is 460 g/mol. The third-order valence-electron chi connectivity index (χ3n) is 6.99. The van der Waals surface area contributed by atoms with Gasteiger partial charge in [0.05, 0.1) is 12.0 Å². The summed E-state index contributed by atoms with van der Waals surface area (Å²) in [6.45, 7) is 0.995. The summed E-state index contributed by atoms with van der Waals surface area (Å²) in [5.74, 6) is -0.0178. The molecule has 0 N–H and O–H groups in total. The number of hydrogen-bond donors (Lipinski definition) is 0. The van der Waals surface area contributed by atoms with Gasteiger partial charge >= 0.3 is 11.9 Å². The van der Waals surface area contributed by atoms with Gasteiger partial charge in [0.2, 0.25) is 0 Å². The number of rotatable bonds is 9. The highest BCUT2D eigenvalue weighted by atomic mass is 16.7. The molecule has 3 aliphatic rings. The van der Waals surface area contributed by atoms with Crippen molar-refractivity contribution in [2.24, 2.45) is 11.8 Å². The lowest BCUT2D eigenvalue weighted by atomic mass is 9.91.